The van der Waals surface area contributed by atoms with Gasteiger partial charge in [0.15, 0.2) is 0 Å². The van der Waals surface area contributed by atoms with Gasteiger partial charge in [-0.15, -0.1) is 0 Å². The van der Waals surface area contributed by atoms with E-state index in [2.05, 4.69) is 4.74 Å². The van der Waals surface area contributed by atoms with Gasteiger partial charge in [0.1, 0.15) is 5.75 Å². The summed E-state index contributed by atoms with van der Waals surface area (Å²) in [5, 5.41) is 9.14. The van der Waals surface area contributed by atoms with Crippen LogP contribution in [0.25, 0.3) is 0 Å². The minimum Gasteiger partial charge on any atom is -0.496 e. The molecule has 0 radical (unpaired) electrons. The average Bonchev–Trinajstić information content (AvgIpc) is 2.24. The maximum atomic E-state index is 12.6. The average molecular weight is 274 g/mol. The van der Waals surface area contributed by atoms with Crippen LogP contribution in [0.15, 0.2) is 24.3 Å². The van der Waals surface area contributed by atoms with Crippen LogP contribution in [0, 0.1) is 0 Å². The normalized spacial score (nSPS) is 13.6. The van der Waals surface area contributed by atoms with Crippen LogP contribution in [0.5, 0.6) is 5.75 Å². The topological polar surface area (TPSA) is 29.5 Å². The maximum absolute atomic E-state index is 12.6. The first kappa shape index (κ1) is 14.6. The highest BCUT2D eigenvalue weighted by Gasteiger charge is 2.72. The Morgan fingerprint density at radius 2 is 1.39 bits per heavy atom. The van der Waals surface area contributed by atoms with E-state index >= 15 is 0 Å². The first-order valence-electron chi connectivity index (χ1n) is 4.55. The summed E-state index contributed by atoms with van der Waals surface area (Å²) in [6, 6.07) is 3.55. The number of halogens is 6. The van der Waals surface area contributed by atoms with Crippen LogP contribution in [0.4, 0.5) is 26.3 Å². The Labute approximate surface area is 97.8 Å². The van der Waals surface area contributed by atoms with Gasteiger partial charge in [-0.25, -0.2) is 0 Å². The molecular formula is C10H8F6O2. The van der Waals surface area contributed by atoms with E-state index in [1.54, 1.807) is 0 Å². The monoisotopic (exact) mass is 274 g/mol. The summed E-state index contributed by atoms with van der Waals surface area (Å²) in [5.41, 5.74) is -6.36. The Morgan fingerprint density at radius 3 is 1.78 bits per heavy atom. The molecule has 0 fully saturated rings. The van der Waals surface area contributed by atoms with Crippen molar-refractivity contribution in [3.05, 3.63) is 29.8 Å². The zero-order valence-corrected chi connectivity index (χ0v) is 8.93. The fraction of sp³-hybridized carbons (Fsp3) is 0.400. The summed E-state index contributed by atoms with van der Waals surface area (Å²) in [6.45, 7) is 0. The molecule has 0 saturated carbocycles. The molecule has 18 heavy (non-hydrogen) atoms. The fourth-order valence-electron chi connectivity index (χ4n) is 1.41. The molecule has 0 aliphatic rings. The van der Waals surface area contributed by atoms with Crippen molar-refractivity contribution in [1.29, 1.82) is 0 Å². The number of rotatable bonds is 2. The zero-order chi connectivity index (χ0) is 14.2. The number of hydrogen-bond acceptors (Lipinski definition) is 2. The molecule has 0 aliphatic carbocycles. The molecule has 0 saturated heterocycles. The number of benzene rings is 1. The second-order valence-electron chi connectivity index (χ2n) is 3.41. The minimum absolute atomic E-state index is 0.514. The molecule has 1 aromatic carbocycles. The Morgan fingerprint density at radius 1 is 0.944 bits per heavy atom. The van der Waals surface area contributed by atoms with E-state index in [1.807, 2.05) is 0 Å². The molecule has 0 heterocycles. The molecule has 1 rings (SSSR count). The van der Waals surface area contributed by atoms with Gasteiger partial charge in [0.05, 0.1) is 7.11 Å². The van der Waals surface area contributed by atoms with Gasteiger partial charge in [-0.05, 0) is 6.07 Å². The van der Waals surface area contributed by atoms with Crippen LogP contribution in [0.1, 0.15) is 5.56 Å². The largest absolute Gasteiger partial charge is 0.496 e. The van der Waals surface area contributed by atoms with E-state index in [0.717, 1.165) is 19.2 Å². The third kappa shape index (κ3) is 2.12. The number of hydrogen-bond donors (Lipinski definition) is 1. The predicted molar refractivity (Wildman–Crippen MR) is 49.0 cm³/mol. The van der Waals surface area contributed by atoms with Crippen molar-refractivity contribution in [3.63, 3.8) is 0 Å². The van der Waals surface area contributed by atoms with E-state index in [4.69, 9.17) is 5.11 Å². The summed E-state index contributed by atoms with van der Waals surface area (Å²) in [4.78, 5) is 0. The first-order valence-corrected chi connectivity index (χ1v) is 4.55. The molecule has 8 heteroatoms. The van der Waals surface area contributed by atoms with Crippen molar-refractivity contribution in [2.75, 3.05) is 7.11 Å². The van der Waals surface area contributed by atoms with Gasteiger partial charge >= 0.3 is 12.4 Å². The molecule has 0 aliphatic heterocycles. The van der Waals surface area contributed by atoms with Gasteiger partial charge in [-0.1, -0.05) is 18.2 Å². The second kappa shape index (κ2) is 4.34. The zero-order valence-electron chi connectivity index (χ0n) is 8.93. The van der Waals surface area contributed by atoms with E-state index in [0.29, 0.717) is 6.07 Å². The standard InChI is InChI=1S/C10H8F6O2/c1-18-7-5-3-2-4-6(7)8(17,9(11,12)13)10(14,15)16/h2-5,17H,1H3. The van der Waals surface area contributed by atoms with E-state index < -0.39 is 29.3 Å². The van der Waals surface area contributed by atoms with E-state index in [1.165, 1.54) is 6.07 Å². The van der Waals surface area contributed by atoms with E-state index in [9.17, 15) is 26.3 Å². The first-order chi connectivity index (χ1) is 8.05. The number of aliphatic hydroxyl groups is 1. The molecule has 0 amide bonds. The minimum atomic E-state index is -5.92. The lowest BCUT2D eigenvalue weighted by molar-refractivity contribution is -0.376. The molecule has 102 valence electrons. The molecule has 2 nitrogen and oxygen atoms in total. The number of para-hydroxylation sites is 1. The van der Waals surface area contributed by atoms with Crippen molar-refractivity contribution in [1.82, 2.24) is 0 Å². The van der Waals surface area contributed by atoms with Crippen LogP contribution in [0.3, 0.4) is 0 Å². The highest BCUT2D eigenvalue weighted by Crippen LogP contribution is 2.52. The molecule has 1 N–H and O–H groups in total. The van der Waals surface area contributed by atoms with Gasteiger partial charge in [-0.3, -0.25) is 0 Å². The lowest BCUT2D eigenvalue weighted by Crippen LogP contribution is -2.54. The molecule has 0 spiro atoms. The van der Waals surface area contributed by atoms with Crippen molar-refractivity contribution in [2.45, 2.75) is 18.0 Å². The number of alkyl halides is 6. The Kier molecular flexibility index (Phi) is 3.53. The second-order valence-corrected chi connectivity index (χ2v) is 3.41. The van der Waals surface area contributed by atoms with Gasteiger partial charge in [0, 0.05) is 5.56 Å². The SMILES string of the molecule is COc1ccccc1C(O)(C(F)(F)F)C(F)(F)F. The van der Waals surface area contributed by atoms with Gasteiger partial charge in [0.2, 0.25) is 0 Å². The molecule has 0 aromatic heterocycles. The highest BCUT2D eigenvalue weighted by molar-refractivity contribution is 5.40. The van der Waals surface area contributed by atoms with Gasteiger partial charge in [-0.2, -0.15) is 26.3 Å². The summed E-state index contributed by atoms with van der Waals surface area (Å²) < 4.78 is 79.9. The Bertz CT molecular complexity index is 409. The smallest absolute Gasteiger partial charge is 0.430 e. The summed E-state index contributed by atoms with van der Waals surface area (Å²) in [6.07, 6.45) is -11.8. The van der Waals surface area contributed by atoms with Crippen LogP contribution in [0.2, 0.25) is 0 Å². The van der Waals surface area contributed by atoms with Gasteiger partial charge < -0.3 is 9.84 Å². The number of ether oxygens (including phenoxy) is 1. The van der Waals surface area contributed by atoms with Crippen molar-refractivity contribution in [2.24, 2.45) is 0 Å². The molecule has 0 bridgehead atoms. The molecule has 0 unspecified atom stereocenters. The third-order valence-electron chi connectivity index (χ3n) is 2.32. The van der Waals surface area contributed by atoms with Crippen molar-refractivity contribution < 1.29 is 36.2 Å². The molecule has 1 aromatic rings. The predicted octanol–water partition coefficient (Wildman–Crippen LogP) is 3.01. The fourth-order valence-corrected chi connectivity index (χ4v) is 1.41. The van der Waals surface area contributed by atoms with Crippen LogP contribution in [-0.4, -0.2) is 24.6 Å². The lowest BCUT2D eigenvalue weighted by Gasteiger charge is -2.33. The van der Waals surface area contributed by atoms with Crippen LogP contribution < -0.4 is 4.74 Å². The van der Waals surface area contributed by atoms with E-state index in [-0.39, 0.29) is 0 Å². The highest BCUT2D eigenvalue weighted by atomic mass is 19.4. The number of methoxy groups -OCH3 is 1. The Balaban J connectivity index is 3.56. The molecule has 0 atom stereocenters. The lowest BCUT2D eigenvalue weighted by atomic mass is 9.91. The van der Waals surface area contributed by atoms with Crippen LogP contribution in [-0.2, 0) is 5.60 Å². The Hall–Kier alpha value is -1.44. The maximum Gasteiger partial charge on any atom is 0.430 e. The summed E-state index contributed by atoms with van der Waals surface area (Å²) >= 11 is 0. The summed E-state index contributed by atoms with van der Waals surface area (Å²) in [7, 11) is 0.909. The quantitative estimate of drug-likeness (QED) is 0.840. The van der Waals surface area contributed by atoms with Crippen LogP contribution >= 0.6 is 0 Å². The van der Waals surface area contributed by atoms with Crippen molar-refractivity contribution in [3.8, 4) is 5.75 Å². The summed E-state index contributed by atoms with van der Waals surface area (Å²) in [5.74, 6) is -0.699. The third-order valence-corrected chi connectivity index (χ3v) is 2.32. The molecular weight excluding hydrogens is 266 g/mol. The van der Waals surface area contributed by atoms with Gasteiger partial charge in [0.25, 0.3) is 5.60 Å². The van der Waals surface area contributed by atoms with Crippen molar-refractivity contribution >= 4 is 0 Å².